The third-order valence-corrected chi connectivity index (χ3v) is 3.47. The maximum Gasteiger partial charge on any atom is 0.123 e. The van der Waals surface area contributed by atoms with Crippen LogP contribution in [0.4, 0.5) is 4.39 Å². The Morgan fingerprint density at radius 3 is 2.63 bits per heavy atom. The average molecular weight is 323 g/mol. The predicted octanol–water partition coefficient (Wildman–Crippen LogP) is 3.53. The first-order valence-corrected chi connectivity index (χ1v) is 6.98. The van der Waals surface area contributed by atoms with Gasteiger partial charge in [0.05, 0.1) is 0 Å². The number of nitrogens with zero attached hydrogens (tertiary/aromatic N) is 1. The molecular formula is C15H16BrFN2. The van der Waals surface area contributed by atoms with Crippen LogP contribution in [-0.2, 0) is 6.42 Å². The average Bonchev–Trinajstić information content (AvgIpc) is 2.39. The number of hydrogen-bond acceptors (Lipinski definition) is 2. The van der Waals surface area contributed by atoms with Crippen molar-refractivity contribution in [3.8, 4) is 0 Å². The van der Waals surface area contributed by atoms with E-state index in [1.807, 2.05) is 25.4 Å². The number of rotatable bonds is 5. The predicted molar refractivity (Wildman–Crippen MR) is 78.7 cm³/mol. The molecule has 1 unspecified atom stereocenters. The van der Waals surface area contributed by atoms with Crippen molar-refractivity contribution in [3.63, 3.8) is 0 Å². The Bertz CT molecular complexity index is 528. The van der Waals surface area contributed by atoms with Crippen molar-refractivity contribution in [2.45, 2.75) is 12.3 Å². The molecule has 2 nitrogen and oxygen atoms in total. The van der Waals surface area contributed by atoms with E-state index in [1.165, 1.54) is 17.7 Å². The monoisotopic (exact) mass is 322 g/mol. The third-order valence-electron chi connectivity index (χ3n) is 3.04. The highest BCUT2D eigenvalue weighted by Gasteiger charge is 2.12. The van der Waals surface area contributed by atoms with Gasteiger partial charge < -0.3 is 5.32 Å². The Kier molecular flexibility index (Phi) is 5.05. The molecule has 19 heavy (non-hydrogen) atoms. The molecule has 0 saturated heterocycles. The summed E-state index contributed by atoms with van der Waals surface area (Å²) in [5.41, 5.74) is 2.30. The minimum Gasteiger partial charge on any atom is -0.319 e. The third kappa shape index (κ3) is 4.11. The van der Waals surface area contributed by atoms with Crippen molar-refractivity contribution in [1.82, 2.24) is 10.3 Å². The molecule has 0 aliphatic carbocycles. The molecule has 100 valence electrons. The number of hydrogen-bond donors (Lipinski definition) is 1. The van der Waals surface area contributed by atoms with Crippen LogP contribution >= 0.6 is 15.9 Å². The minimum absolute atomic E-state index is 0.198. The van der Waals surface area contributed by atoms with Gasteiger partial charge in [-0.25, -0.2) is 4.39 Å². The van der Waals surface area contributed by atoms with E-state index in [0.717, 1.165) is 23.0 Å². The molecule has 0 aliphatic rings. The largest absolute Gasteiger partial charge is 0.319 e. The van der Waals surface area contributed by atoms with Gasteiger partial charge in [0, 0.05) is 29.3 Å². The molecule has 2 aromatic rings. The Hall–Kier alpha value is -1.26. The van der Waals surface area contributed by atoms with E-state index in [1.54, 1.807) is 6.20 Å². The molecular weight excluding hydrogens is 307 g/mol. The molecule has 0 amide bonds. The van der Waals surface area contributed by atoms with Crippen molar-refractivity contribution < 1.29 is 4.39 Å². The van der Waals surface area contributed by atoms with Gasteiger partial charge in [-0.1, -0.05) is 12.1 Å². The Labute approximate surface area is 121 Å². The Balaban J connectivity index is 2.18. The fourth-order valence-corrected chi connectivity index (χ4v) is 2.55. The van der Waals surface area contributed by atoms with Crippen LogP contribution < -0.4 is 5.32 Å². The Morgan fingerprint density at radius 1 is 1.26 bits per heavy atom. The summed E-state index contributed by atoms with van der Waals surface area (Å²) in [5.74, 6) is 0.109. The topological polar surface area (TPSA) is 24.9 Å². The molecule has 0 fully saturated rings. The summed E-state index contributed by atoms with van der Waals surface area (Å²) < 4.78 is 14.0. The van der Waals surface area contributed by atoms with Crippen molar-refractivity contribution in [3.05, 3.63) is 64.1 Å². The second-order valence-electron chi connectivity index (χ2n) is 4.52. The number of aromatic nitrogens is 1. The van der Waals surface area contributed by atoms with Gasteiger partial charge in [0.15, 0.2) is 0 Å². The van der Waals surface area contributed by atoms with Crippen LogP contribution in [0, 0.1) is 5.82 Å². The van der Waals surface area contributed by atoms with Crippen molar-refractivity contribution in [1.29, 1.82) is 0 Å². The summed E-state index contributed by atoms with van der Waals surface area (Å²) in [6.07, 6.45) is 4.52. The van der Waals surface area contributed by atoms with E-state index < -0.39 is 0 Å². The highest BCUT2D eigenvalue weighted by atomic mass is 79.9. The molecule has 0 bridgehead atoms. The molecule has 0 aliphatic heterocycles. The van der Waals surface area contributed by atoms with E-state index in [-0.39, 0.29) is 5.82 Å². The second-order valence-corrected chi connectivity index (χ2v) is 5.44. The van der Waals surface area contributed by atoms with Gasteiger partial charge in [-0.05, 0) is 58.7 Å². The van der Waals surface area contributed by atoms with Crippen LogP contribution in [0.2, 0.25) is 0 Å². The molecule has 1 aromatic carbocycles. The maximum atomic E-state index is 13.0. The zero-order valence-electron chi connectivity index (χ0n) is 10.7. The molecule has 1 atom stereocenters. The van der Waals surface area contributed by atoms with E-state index in [9.17, 15) is 4.39 Å². The lowest BCUT2D eigenvalue weighted by Crippen LogP contribution is -2.19. The number of pyridine rings is 1. The van der Waals surface area contributed by atoms with Gasteiger partial charge >= 0.3 is 0 Å². The van der Waals surface area contributed by atoms with Gasteiger partial charge in [0.25, 0.3) is 0 Å². The molecule has 4 heteroatoms. The van der Waals surface area contributed by atoms with Gasteiger partial charge in [-0.2, -0.15) is 0 Å². The van der Waals surface area contributed by atoms with E-state index in [2.05, 4.69) is 32.3 Å². The quantitative estimate of drug-likeness (QED) is 0.910. The fraction of sp³-hybridized carbons (Fsp3) is 0.267. The van der Waals surface area contributed by atoms with Crippen LogP contribution in [0.25, 0.3) is 0 Å². The SMILES string of the molecule is CNCC(Cc1cncc(Br)c1)c1ccc(F)cc1. The molecule has 0 radical (unpaired) electrons. The zero-order valence-corrected chi connectivity index (χ0v) is 12.3. The standard InChI is InChI=1S/C15H16BrFN2/c1-18-9-13(12-2-4-15(17)5-3-12)6-11-7-14(16)10-19-8-11/h2-5,7-8,10,13,18H,6,9H2,1H3. The maximum absolute atomic E-state index is 13.0. The first-order chi connectivity index (χ1) is 9.19. The molecule has 1 N–H and O–H groups in total. The minimum atomic E-state index is -0.198. The first kappa shape index (κ1) is 14.2. The number of likely N-dealkylation sites (N-methyl/N-ethyl adjacent to an activating group) is 1. The van der Waals surface area contributed by atoms with Crippen LogP contribution in [0.3, 0.4) is 0 Å². The van der Waals surface area contributed by atoms with Gasteiger partial charge in [0.2, 0.25) is 0 Å². The number of nitrogens with one attached hydrogen (secondary N) is 1. The Morgan fingerprint density at radius 2 is 2.00 bits per heavy atom. The molecule has 0 saturated carbocycles. The smallest absolute Gasteiger partial charge is 0.123 e. The molecule has 0 spiro atoms. The van der Waals surface area contributed by atoms with Gasteiger partial charge in [0.1, 0.15) is 5.82 Å². The first-order valence-electron chi connectivity index (χ1n) is 6.18. The molecule has 1 aromatic heterocycles. The van der Waals surface area contributed by atoms with Crippen molar-refractivity contribution in [2.24, 2.45) is 0 Å². The summed E-state index contributed by atoms with van der Waals surface area (Å²) in [6.45, 7) is 0.845. The lowest BCUT2D eigenvalue weighted by molar-refractivity contribution is 0.610. The zero-order chi connectivity index (χ0) is 13.7. The lowest BCUT2D eigenvalue weighted by atomic mass is 9.92. The van der Waals surface area contributed by atoms with Crippen molar-refractivity contribution in [2.75, 3.05) is 13.6 Å². The summed E-state index contributed by atoms with van der Waals surface area (Å²) in [7, 11) is 1.93. The number of halogens is 2. The lowest BCUT2D eigenvalue weighted by Gasteiger charge is -2.17. The van der Waals surface area contributed by atoms with E-state index in [0.29, 0.717) is 5.92 Å². The summed E-state index contributed by atoms with van der Waals surface area (Å²) in [5, 5.41) is 3.19. The molecule has 2 rings (SSSR count). The van der Waals surface area contributed by atoms with Crippen LogP contribution in [0.1, 0.15) is 17.0 Å². The second kappa shape index (κ2) is 6.78. The summed E-state index contributed by atoms with van der Waals surface area (Å²) >= 11 is 3.43. The summed E-state index contributed by atoms with van der Waals surface area (Å²) in [6, 6.07) is 8.79. The van der Waals surface area contributed by atoms with Crippen LogP contribution in [-0.4, -0.2) is 18.6 Å². The highest BCUT2D eigenvalue weighted by Crippen LogP contribution is 2.22. The normalized spacial score (nSPS) is 12.4. The van der Waals surface area contributed by atoms with Crippen LogP contribution in [0.5, 0.6) is 0 Å². The fourth-order valence-electron chi connectivity index (χ4n) is 2.14. The highest BCUT2D eigenvalue weighted by molar-refractivity contribution is 9.10. The number of benzene rings is 1. The van der Waals surface area contributed by atoms with E-state index in [4.69, 9.17) is 0 Å². The van der Waals surface area contributed by atoms with Crippen molar-refractivity contribution >= 4 is 15.9 Å². The van der Waals surface area contributed by atoms with Gasteiger partial charge in [-0.3, -0.25) is 4.98 Å². The summed E-state index contributed by atoms with van der Waals surface area (Å²) in [4.78, 5) is 4.18. The van der Waals surface area contributed by atoms with Gasteiger partial charge in [-0.15, -0.1) is 0 Å². The van der Waals surface area contributed by atoms with Crippen LogP contribution in [0.15, 0.2) is 47.2 Å². The van der Waals surface area contributed by atoms with E-state index >= 15 is 0 Å². The molecule has 1 heterocycles.